The van der Waals surface area contributed by atoms with Crippen LogP contribution in [-0.2, 0) is 21.1 Å². The second-order valence-corrected chi connectivity index (χ2v) is 7.39. The third-order valence-electron chi connectivity index (χ3n) is 3.63. The van der Waals surface area contributed by atoms with Crippen molar-refractivity contribution in [3.05, 3.63) is 29.8 Å². The number of nitrogens with two attached hydrogens (primary N) is 1. The van der Waals surface area contributed by atoms with Crippen LogP contribution < -0.4 is 5.73 Å². The van der Waals surface area contributed by atoms with Crippen molar-refractivity contribution in [2.75, 3.05) is 23.8 Å². The van der Waals surface area contributed by atoms with Crippen molar-refractivity contribution >= 4 is 21.4 Å². The van der Waals surface area contributed by atoms with E-state index in [1.54, 1.807) is 18.2 Å². The van der Waals surface area contributed by atoms with Gasteiger partial charge in [0.15, 0.2) is 9.84 Å². The van der Waals surface area contributed by atoms with Gasteiger partial charge >= 0.3 is 0 Å². The lowest BCUT2D eigenvalue weighted by Crippen LogP contribution is -2.42. The fourth-order valence-electron chi connectivity index (χ4n) is 2.50. The molecule has 0 saturated carbocycles. The van der Waals surface area contributed by atoms with E-state index >= 15 is 0 Å². The van der Waals surface area contributed by atoms with Gasteiger partial charge in [0.2, 0.25) is 5.91 Å². The highest BCUT2D eigenvalue weighted by atomic mass is 32.2. The minimum atomic E-state index is -3.06. The fourth-order valence-corrected chi connectivity index (χ4v) is 4.23. The average Bonchev–Trinajstić information content (AvgIpc) is 2.78. The van der Waals surface area contributed by atoms with Crippen molar-refractivity contribution < 1.29 is 13.2 Å². The molecule has 2 N–H and O–H groups in total. The molecule has 0 radical (unpaired) electrons. The molecule has 1 aliphatic rings. The molecule has 2 rings (SSSR count). The molecule has 21 heavy (non-hydrogen) atoms. The standard InChI is InChI=1S/C15H18N2O3S/c1-2-8-17(13-7-9-21(19,20)11-13)15(18)10-12-5-3-4-6-14(12)16/h1,3-6,13H,7-11,16H2. The Hall–Kier alpha value is -2.00. The van der Waals surface area contributed by atoms with Gasteiger partial charge in [0, 0.05) is 11.7 Å². The maximum absolute atomic E-state index is 12.4. The number of carbonyl (C=O) groups excluding carboxylic acids is 1. The van der Waals surface area contributed by atoms with E-state index in [2.05, 4.69) is 5.92 Å². The van der Waals surface area contributed by atoms with E-state index in [9.17, 15) is 13.2 Å². The summed E-state index contributed by atoms with van der Waals surface area (Å²) in [6.07, 6.45) is 5.88. The number of nitrogens with zero attached hydrogens (tertiary/aromatic N) is 1. The number of benzene rings is 1. The van der Waals surface area contributed by atoms with Crippen LogP contribution in [0, 0.1) is 12.3 Å². The summed E-state index contributed by atoms with van der Waals surface area (Å²) in [5.41, 5.74) is 7.11. The number of para-hydroxylation sites is 1. The molecule has 0 bridgehead atoms. The minimum absolute atomic E-state index is 0.00923. The quantitative estimate of drug-likeness (QED) is 0.647. The molecule has 6 heteroatoms. The first kappa shape index (κ1) is 15.4. The summed E-state index contributed by atoms with van der Waals surface area (Å²) < 4.78 is 23.2. The summed E-state index contributed by atoms with van der Waals surface area (Å²) >= 11 is 0. The Kier molecular flexibility index (Phi) is 4.53. The van der Waals surface area contributed by atoms with Gasteiger partial charge in [0.05, 0.1) is 24.5 Å². The molecule has 1 aromatic carbocycles. The van der Waals surface area contributed by atoms with Crippen LogP contribution in [0.5, 0.6) is 0 Å². The van der Waals surface area contributed by atoms with Crippen LogP contribution >= 0.6 is 0 Å². The van der Waals surface area contributed by atoms with Gasteiger partial charge in [-0.05, 0) is 18.1 Å². The Morgan fingerprint density at radius 1 is 1.43 bits per heavy atom. The predicted molar refractivity (Wildman–Crippen MR) is 82.2 cm³/mol. The van der Waals surface area contributed by atoms with Gasteiger partial charge in [0.1, 0.15) is 0 Å². The maximum Gasteiger partial charge on any atom is 0.228 e. The lowest BCUT2D eigenvalue weighted by atomic mass is 10.1. The number of hydrogen-bond donors (Lipinski definition) is 1. The summed E-state index contributed by atoms with van der Waals surface area (Å²) in [7, 11) is -3.06. The van der Waals surface area contributed by atoms with Gasteiger partial charge in [-0.1, -0.05) is 24.1 Å². The van der Waals surface area contributed by atoms with Crippen molar-refractivity contribution in [1.29, 1.82) is 0 Å². The van der Waals surface area contributed by atoms with Crippen molar-refractivity contribution in [2.24, 2.45) is 0 Å². The highest BCUT2D eigenvalue weighted by molar-refractivity contribution is 7.91. The molecule has 1 aliphatic heterocycles. The predicted octanol–water partition coefficient (Wildman–Crippen LogP) is 0.460. The summed E-state index contributed by atoms with van der Waals surface area (Å²) in [6, 6.07) is 6.79. The molecule has 1 heterocycles. The zero-order valence-corrected chi connectivity index (χ0v) is 12.5. The first-order valence-corrected chi connectivity index (χ1v) is 8.52. The molecule has 5 nitrogen and oxygen atoms in total. The van der Waals surface area contributed by atoms with E-state index in [-0.39, 0.29) is 36.4 Å². The van der Waals surface area contributed by atoms with E-state index in [0.717, 1.165) is 5.56 Å². The smallest absolute Gasteiger partial charge is 0.228 e. The van der Waals surface area contributed by atoms with Crippen molar-refractivity contribution in [1.82, 2.24) is 4.90 Å². The molecule has 0 aromatic heterocycles. The van der Waals surface area contributed by atoms with E-state index in [0.29, 0.717) is 12.1 Å². The van der Waals surface area contributed by atoms with Crippen molar-refractivity contribution in [3.63, 3.8) is 0 Å². The minimum Gasteiger partial charge on any atom is -0.398 e. The molecule has 1 fully saturated rings. The lowest BCUT2D eigenvalue weighted by molar-refractivity contribution is -0.131. The number of sulfone groups is 1. The number of amides is 1. The third kappa shape index (κ3) is 3.76. The summed E-state index contributed by atoms with van der Waals surface area (Å²) in [5.74, 6) is 2.35. The van der Waals surface area contributed by atoms with Crippen LogP contribution in [0.3, 0.4) is 0 Å². The Labute approximate surface area is 125 Å². The maximum atomic E-state index is 12.4. The highest BCUT2D eigenvalue weighted by Crippen LogP contribution is 2.20. The van der Waals surface area contributed by atoms with E-state index < -0.39 is 9.84 Å². The first-order valence-electron chi connectivity index (χ1n) is 6.69. The second-order valence-electron chi connectivity index (χ2n) is 5.16. The zero-order valence-electron chi connectivity index (χ0n) is 11.7. The molecule has 1 atom stereocenters. The van der Waals surface area contributed by atoms with Crippen LogP contribution in [-0.4, -0.2) is 43.3 Å². The van der Waals surface area contributed by atoms with Gasteiger partial charge < -0.3 is 10.6 Å². The van der Waals surface area contributed by atoms with Gasteiger partial charge in [-0.3, -0.25) is 4.79 Å². The third-order valence-corrected chi connectivity index (χ3v) is 5.38. The largest absolute Gasteiger partial charge is 0.398 e. The summed E-state index contributed by atoms with van der Waals surface area (Å²) in [4.78, 5) is 13.9. The molecule has 1 unspecified atom stereocenters. The molecule has 0 spiro atoms. The normalized spacial score (nSPS) is 19.9. The Balaban J connectivity index is 2.14. The Bertz CT molecular complexity index is 676. The number of rotatable bonds is 4. The molecule has 1 amide bonds. The van der Waals surface area contributed by atoms with Crippen LogP contribution in [0.1, 0.15) is 12.0 Å². The van der Waals surface area contributed by atoms with Crippen LogP contribution in [0.4, 0.5) is 5.69 Å². The van der Waals surface area contributed by atoms with Crippen LogP contribution in [0.15, 0.2) is 24.3 Å². The number of nitrogen functional groups attached to an aromatic ring is 1. The first-order chi connectivity index (χ1) is 9.93. The van der Waals surface area contributed by atoms with Crippen molar-refractivity contribution in [3.8, 4) is 12.3 Å². The van der Waals surface area contributed by atoms with Gasteiger partial charge in [-0.15, -0.1) is 6.42 Å². The van der Waals surface area contributed by atoms with E-state index in [4.69, 9.17) is 12.2 Å². The SMILES string of the molecule is C#CCN(C(=O)Cc1ccccc1N)C1CCS(=O)(=O)C1. The fraction of sp³-hybridized carbons (Fsp3) is 0.400. The molecular weight excluding hydrogens is 288 g/mol. The molecule has 112 valence electrons. The number of anilines is 1. The number of carbonyl (C=O) groups is 1. The van der Waals surface area contributed by atoms with E-state index in [1.807, 2.05) is 6.07 Å². The average molecular weight is 306 g/mol. The molecular formula is C15H18N2O3S. The van der Waals surface area contributed by atoms with Crippen molar-refractivity contribution in [2.45, 2.75) is 18.9 Å². The lowest BCUT2D eigenvalue weighted by Gasteiger charge is -2.26. The summed E-state index contributed by atoms with van der Waals surface area (Å²) in [6.45, 7) is 0.117. The zero-order chi connectivity index (χ0) is 15.5. The topological polar surface area (TPSA) is 80.5 Å². The van der Waals surface area contributed by atoms with Crippen LogP contribution in [0.2, 0.25) is 0 Å². The molecule has 1 saturated heterocycles. The molecule has 1 aromatic rings. The van der Waals surface area contributed by atoms with Gasteiger partial charge in [-0.25, -0.2) is 8.42 Å². The number of hydrogen-bond acceptors (Lipinski definition) is 4. The highest BCUT2D eigenvalue weighted by Gasteiger charge is 2.34. The van der Waals surface area contributed by atoms with Gasteiger partial charge in [0.25, 0.3) is 0 Å². The number of terminal acetylenes is 1. The monoisotopic (exact) mass is 306 g/mol. The summed E-state index contributed by atoms with van der Waals surface area (Å²) in [5, 5.41) is 0. The Morgan fingerprint density at radius 2 is 2.14 bits per heavy atom. The van der Waals surface area contributed by atoms with Gasteiger partial charge in [-0.2, -0.15) is 0 Å². The Morgan fingerprint density at radius 3 is 2.71 bits per heavy atom. The van der Waals surface area contributed by atoms with Crippen LogP contribution in [0.25, 0.3) is 0 Å². The molecule has 0 aliphatic carbocycles. The second kappa shape index (κ2) is 6.19. The van der Waals surface area contributed by atoms with E-state index in [1.165, 1.54) is 4.90 Å².